The van der Waals surface area contributed by atoms with Crippen LogP contribution >= 0.6 is 0 Å². The van der Waals surface area contributed by atoms with Crippen molar-refractivity contribution in [3.63, 3.8) is 0 Å². The largest absolute Gasteiger partial charge is 0.474 e. The summed E-state index contributed by atoms with van der Waals surface area (Å²) in [6.45, 7) is 1.69. The van der Waals surface area contributed by atoms with Crippen LogP contribution in [-0.4, -0.2) is 37.9 Å². The van der Waals surface area contributed by atoms with Crippen LogP contribution in [0.2, 0.25) is 0 Å². The number of benzene rings is 1. The minimum absolute atomic E-state index is 0.0999. The van der Waals surface area contributed by atoms with Crippen LogP contribution in [0, 0.1) is 19.7 Å². The average molecular weight is 456 g/mol. The Balaban J connectivity index is 1.59. The van der Waals surface area contributed by atoms with Gasteiger partial charge in [-0.05, 0) is 25.5 Å². The number of pyridine rings is 1. The van der Waals surface area contributed by atoms with Crippen LogP contribution in [0.5, 0.6) is 5.88 Å². The van der Waals surface area contributed by atoms with Gasteiger partial charge in [-0.1, -0.05) is 0 Å². The molecular weight excluding hydrogens is 437 g/mol. The van der Waals surface area contributed by atoms with Gasteiger partial charge in [-0.15, -0.1) is 0 Å². The van der Waals surface area contributed by atoms with E-state index in [1.165, 1.54) is 25.5 Å². The molecule has 33 heavy (non-hydrogen) atoms. The van der Waals surface area contributed by atoms with Gasteiger partial charge in [0.1, 0.15) is 12.3 Å². The fourth-order valence-corrected chi connectivity index (χ4v) is 3.79. The van der Waals surface area contributed by atoms with Crippen molar-refractivity contribution in [3.8, 4) is 17.0 Å². The molecule has 0 aliphatic carbocycles. The van der Waals surface area contributed by atoms with Gasteiger partial charge in [-0.25, -0.2) is 24.0 Å². The van der Waals surface area contributed by atoms with Crippen LogP contribution in [0.25, 0.3) is 22.0 Å². The highest BCUT2D eigenvalue weighted by Gasteiger charge is 2.21. The normalized spacial score (nSPS) is 13.0. The van der Waals surface area contributed by atoms with E-state index in [4.69, 9.17) is 10.5 Å². The molecule has 1 aromatic carbocycles. The Bertz CT molecular complexity index is 1390. The Labute approximate surface area is 185 Å². The lowest BCUT2D eigenvalue weighted by atomic mass is 9.98. The number of ether oxygens (including phenoxy) is 1. The van der Waals surface area contributed by atoms with Crippen LogP contribution in [0.15, 0.2) is 24.7 Å². The summed E-state index contributed by atoms with van der Waals surface area (Å²) in [7, 11) is 0. The molecule has 0 radical (unpaired) electrons. The third-order valence-electron chi connectivity index (χ3n) is 5.57. The highest BCUT2D eigenvalue weighted by Crippen LogP contribution is 2.39. The Hall–Kier alpha value is -4.09. The van der Waals surface area contributed by atoms with Crippen LogP contribution in [0.4, 0.5) is 36.2 Å². The lowest BCUT2D eigenvalue weighted by Crippen LogP contribution is -2.20. The maximum absolute atomic E-state index is 15.3. The Morgan fingerprint density at radius 2 is 2.00 bits per heavy atom. The summed E-state index contributed by atoms with van der Waals surface area (Å²) >= 11 is 0. The fraction of sp³-hybridized carbons (Fsp3) is 0.238. The fourth-order valence-electron chi connectivity index (χ4n) is 3.79. The Morgan fingerprint density at radius 3 is 2.76 bits per heavy atom. The summed E-state index contributed by atoms with van der Waals surface area (Å²) in [5, 5.41) is 10.1. The van der Waals surface area contributed by atoms with Gasteiger partial charge in [0, 0.05) is 35.5 Å². The number of halogens is 3. The molecular formula is C21H19F3N8O. The number of nitrogens with two attached hydrogens (primary N) is 1. The molecule has 4 aromatic rings. The van der Waals surface area contributed by atoms with E-state index in [2.05, 4.69) is 30.7 Å². The van der Waals surface area contributed by atoms with E-state index in [9.17, 15) is 8.78 Å². The average Bonchev–Trinajstić information content (AvgIpc) is 3.17. The number of alkyl halides is 2. The molecule has 1 aliphatic heterocycles. The van der Waals surface area contributed by atoms with Crippen LogP contribution < -0.4 is 21.1 Å². The summed E-state index contributed by atoms with van der Waals surface area (Å²) in [5.41, 5.74) is 9.13. The molecule has 5 rings (SSSR count). The lowest BCUT2D eigenvalue weighted by molar-refractivity contribution is 0.0545. The van der Waals surface area contributed by atoms with E-state index >= 15 is 4.39 Å². The summed E-state index contributed by atoms with van der Waals surface area (Å²) in [4.78, 5) is 12.9. The smallest absolute Gasteiger partial charge is 0.333 e. The summed E-state index contributed by atoms with van der Waals surface area (Å²) in [6.07, 6.45) is 4.18. The number of nitrogens with one attached hydrogen (secondary N) is 2. The van der Waals surface area contributed by atoms with Gasteiger partial charge < -0.3 is 21.1 Å². The minimum atomic E-state index is -2.77. The Kier molecular flexibility index (Phi) is 4.91. The second-order valence-electron chi connectivity index (χ2n) is 7.52. The zero-order valence-electron chi connectivity index (χ0n) is 17.7. The van der Waals surface area contributed by atoms with E-state index < -0.39 is 12.4 Å². The Morgan fingerprint density at radius 1 is 1.18 bits per heavy atom. The zero-order chi connectivity index (χ0) is 23.3. The molecule has 1 aliphatic rings. The van der Waals surface area contributed by atoms with Gasteiger partial charge in [0.05, 0.1) is 28.8 Å². The van der Waals surface area contributed by atoms with Crippen molar-refractivity contribution in [2.45, 2.75) is 20.4 Å². The van der Waals surface area contributed by atoms with Crippen molar-refractivity contribution >= 4 is 33.9 Å². The van der Waals surface area contributed by atoms with E-state index in [1.807, 2.05) is 6.92 Å². The van der Waals surface area contributed by atoms with Gasteiger partial charge in [0.25, 0.3) is 0 Å². The number of nitrogens with zero attached hydrogens (tertiary/aromatic N) is 5. The maximum atomic E-state index is 15.3. The van der Waals surface area contributed by atoms with Crippen molar-refractivity contribution in [1.82, 2.24) is 24.7 Å². The molecule has 0 unspecified atom stereocenters. The number of aromatic nitrogens is 5. The van der Waals surface area contributed by atoms with Crippen molar-refractivity contribution in [2.75, 3.05) is 29.5 Å². The van der Waals surface area contributed by atoms with Gasteiger partial charge in [-0.3, -0.25) is 0 Å². The molecule has 0 spiro atoms. The molecule has 4 N–H and O–H groups in total. The number of anilines is 4. The van der Waals surface area contributed by atoms with Gasteiger partial charge in [0.15, 0.2) is 5.82 Å². The zero-order valence-corrected chi connectivity index (χ0v) is 17.7. The third kappa shape index (κ3) is 3.43. The van der Waals surface area contributed by atoms with Crippen molar-refractivity contribution in [3.05, 3.63) is 41.7 Å². The minimum Gasteiger partial charge on any atom is -0.474 e. The first-order valence-corrected chi connectivity index (χ1v) is 10.1. The van der Waals surface area contributed by atoms with Crippen LogP contribution in [0.3, 0.4) is 0 Å². The number of hydrogen-bond acceptors (Lipinski definition) is 8. The monoisotopic (exact) mass is 456 g/mol. The number of fused-ring (bicyclic) bond motifs is 2. The van der Waals surface area contributed by atoms with Crippen molar-refractivity contribution < 1.29 is 17.9 Å². The number of rotatable bonds is 4. The summed E-state index contributed by atoms with van der Waals surface area (Å²) < 4.78 is 47.4. The van der Waals surface area contributed by atoms with Gasteiger partial charge >= 0.3 is 6.55 Å². The SMILES string of the molecule is Cc1c(-c2cc3nc(Nc4cnn(C(F)F)c4C)ncc3c(N)c2F)cnc2c1NCCO2. The highest BCUT2D eigenvalue weighted by atomic mass is 19.3. The molecule has 0 amide bonds. The van der Waals surface area contributed by atoms with E-state index in [1.54, 1.807) is 6.07 Å². The van der Waals surface area contributed by atoms with Crippen molar-refractivity contribution in [1.29, 1.82) is 0 Å². The number of nitrogen functional groups attached to an aromatic ring is 1. The number of hydrogen-bond donors (Lipinski definition) is 3. The van der Waals surface area contributed by atoms with E-state index in [0.717, 1.165) is 5.56 Å². The first-order chi connectivity index (χ1) is 15.8. The molecule has 170 valence electrons. The molecule has 0 saturated heterocycles. The highest BCUT2D eigenvalue weighted by molar-refractivity contribution is 5.96. The molecule has 0 fully saturated rings. The first kappa shape index (κ1) is 20.8. The van der Waals surface area contributed by atoms with E-state index in [-0.39, 0.29) is 22.9 Å². The molecule has 9 nitrogen and oxygen atoms in total. The van der Waals surface area contributed by atoms with Crippen LogP contribution in [-0.2, 0) is 0 Å². The second-order valence-corrected chi connectivity index (χ2v) is 7.52. The molecule has 0 bridgehead atoms. The van der Waals surface area contributed by atoms with Gasteiger partial charge in [0.2, 0.25) is 11.8 Å². The molecule has 0 saturated carbocycles. The summed E-state index contributed by atoms with van der Waals surface area (Å²) in [5.74, 6) is -0.0145. The second kappa shape index (κ2) is 7.80. The lowest BCUT2D eigenvalue weighted by Gasteiger charge is -2.22. The molecule has 3 aromatic heterocycles. The molecule has 12 heteroatoms. The first-order valence-electron chi connectivity index (χ1n) is 10.1. The van der Waals surface area contributed by atoms with E-state index in [0.29, 0.717) is 51.6 Å². The van der Waals surface area contributed by atoms with Gasteiger partial charge in [-0.2, -0.15) is 13.9 Å². The predicted molar refractivity (Wildman–Crippen MR) is 117 cm³/mol. The topological polar surface area (TPSA) is 116 Å². The predicted octanol–water partition coefficient (Wildman–Crippen LogP) is 4.17. The molecule has 0 atom stereocenters. The third-order valence-corrected chi connectivity index (χ3v) is 5.57. The van der Waals surface area contributed by atoms with Crippen LogP contribution in [0.1, 0.15) is 17.8 Å². The quantitative estimate of drug-likeness (QED) is 0.392. The van der Waals surface area contributed by atoms with Crippen molar-refractivity contribution in [2.24, 2.45) is 0 Å². The summed E-state index contributed by atoms with van der Waals surface area (Å²) in [6, 6.07) is 1.56. The maximum Gasteiger partial charge on any atom is 0.333 e. The molecule has 4 heterocycles. The standard InChI is InChI=1S/C21H19F3N8O/c1-9-12(6-27-19-18(9)26-3-4-33-19)11-5-14-13(17(25)16(11)22)7-28-21(30-14)31-15-8-29-32(10(15)2)20(23)24/h5-8,20,26H,3-4,25H2,1-2H3,(H,28,30,31).